The lowest BCUT2D eigenvalue weighted by molar-refractivity contribution is 0.606. The van der Waals surface area contributed by atoms with Crippen molar-refractivity contribution in [2.45, 2.75) is 39.3 Å². The number of aliphatic imine (C=N–C) groups is 1. The van der Waals surface area contributed by atoms with E-state index < -0.39 is 10.0 Å². The molecule has 2 aromatic carbocycles. The molecule has 3 N–H and O–H groups in total. The van der Waals surface area contributed by atoms with Gasteiger partial charge in [-0.15, -0.1) is 0 Å². The molecule has 0 bridgehead atoms. The van der Waals surface area contributed by atoms with Gasteiger partial charge in [-0.2, -0.15) is 0 Å². The molecule has 1 atom stereocenters. The number of nitrogens with zero attached hydrogens (tertiary/aromatic N) is 2. The van der Waals surface area contributed by atoms with Crippen molar-refractivity contribution in [3.63, 3.8) is 0 Å². The topological polar surface area (TPSA) is 85.8 Å². The van der Waals surface area contributed by atoms with Crippen LogP contribution in [-0.4, -0.2) is 40.3 Å². The van der Waals surface area contributed by atoms with Gasteiger partial charge in [-0.25, -0.2) is 13.4 Å². The second-order valence-electron chi connectivity index (χ2n) is 7.88. The monoisotopic (exact) mass is 443 g/mol. The van der Waals surface area contributed by atoms with Crippen molar-refractivity contribution >= 4 is 27.4 Å². The van der Waals surface area contributed by atoms with E-state index in [1.807, 2.05) is 19.1 Å². The van der Waals surface area contributed by atoms with Crippen molar-refractivity contribution in [2.75, 3.05) is 35.5 Å². The first-order valence-corrected chi connectivity index (χ1v) is 12.7. The van der Waals surface area contributed by atoms with Crippen LogP contribution < -0.4 is 20.3 Å². The van der Waals surface area contributed by atoms with E-state index in [1.54, 1.807) is 12.1 Å². The minimum Gasteiger partial charge on any atom is -0.372 e. The molecule has 1 fully saturated rings. The van der Waals surface area contributed by atoms with Crippen molar-refractivity contribution in [2.24, 2.45) is 4.99 Å². The van der Waals surface area contributed by atoms with Crippen molar-refractivity contribution in [3.8, 4) is 0 Å². The van der Waals surface area contributed by atoms with Gasteiger partial charge in [0.2, 0.25) is 10.0 Å². The highest BCUT2D eigenvalue weighted by Gasteiger charge is 2.15. The Kier molecular flexibility index (Phi) is 7.79. The summed E-state index contributed by atoms with van der Waals surface area (Å²) < 4.78 is 25.8. The average molecular weight is 444 g/mol. The van der Waals surface area contributed by atoms with Crippen LogP contribution in [0.2, 0.25) is 0 Å². The molecule has 1 heterocycles. The predicted octanol–water partition coefficient (Wildman–Crippen LogP) is 3.47. The Morgan fingerprint density at radius 1 is 1.13 bits per heavy atom. The lowest BCUT2D eigenvalue weighted by Crippen LogP contribution is -2.38. The molecule has 0 radical (unpaired) electrons. The average Bonchev–Trinajstić information content (AvgIpc) is 3.27. The molecule has 3 rings (SSSR count). The first-order valence-electron chi connectivity index (χ1n) is 10.8. The van der Waals surface area contributed by atoms with Crippen LogP contribution >= 0.6 is 0 Å². The number of hydrogen-bond acceptors (Lipinski definition) is 4. The second kappa shape index (κ2) is 10.5. The standard InChI is InChI=1S/C23H33N5O2S/c1-4-24-23(25-17-20-10-5-6-13-22(20)27-31(3,29)30)26-18(2)19-11-9-12-21(16-19)28-14-7-8-15-28/h5-6,9-13,16,18,27H,4,7-8,14-15,17H2,1-3H3,(H2,24,25,26). The first kappa shape index (κ1) is 22.9. The summed E-state index contributed by atoms with van der Waals surface area (Å²) in [7, 11) is -3.35. The molecule has 0 spiro atoms. The summed E-state index contributed by atoms with van der Waals surface area (Å²) in [6.07, 6.45) is 3.66. The Bertz CT molecular complexity index is 1000. The molecule has 2 aromatic rings. The molecule has 1 aliphatic heterocycles. The Hall–Kier alpha value is -2.74. The van der Waals surface area contributed by atoms with Gasteiger partial charge in [-0.1, -0.05) is 30.3 Å². The largest absolute Gasteiger partial charge is 0.372 e. The van der Waals surface area contributed by atoms with Gasteiger partial charge in [0.15, 0.2) is 5.96 Å². The van der Waals surface area contributed by atoms with E-state index >= 15 is 0 Å². The summed E-state index contributed by atoms with van der Waals surface area (Å²) in [6, 6.07) is 16.0. The summed E-state index contributed by atoms with van der Waals surface area (Å²) in [5.74, 6) is 0.690. The normalized spacial score (nSPS) is 15.6. The zero-order valence-corrected chi connectivity index (χ0v) is 19.4. The number of para-hydroxylation sites is 1. The lowest BCUT2D eigenvalue weighted by atomic mass is 10.1. The minimum atomic E-state index is -3.35. The molecule has 1 aliphatic rings. The van der Waals surface area contributed by atoms with Gasteiger partial charge in [-0.3, -0.25) is 4.72 Å². The SMILES string of the molecule is CCNC(=NCc1ccccc1NS(C)(=O)=O)NC(C)c1cccc(N2CCCC2)c1. The minimum absolute atomic E-state index is 0.0738. The maximum Gasteiger partial charge on any atom is 0.229 e. The summed E-state index contributed by atoms with van der Waals surface area (Å²) >= 11 is 0. The van der Waals surface area contributed by atoms with E-state index in [0.717, 1.165) is 31.5 Å². The molecular formula is C23H33N5O2S. The Morgan fingerprint density at radius 2 is 1.87 bits per heavy atom. The van der Waals surface area contributed by atoms with Crippen molar-refractivity contribution < 1.29 is 8.42 Å². The third-order valence-corrected chi connectivity index (χ3v) is 5.85. The summed E-state index contributed by atoms with van der Waals surface area (Å²) in [5, 5.41) is 6.75. The summed E-state index contributed by atoms with van der Waals surface area (Å²) in [4.78, 5) is 7.12. The van der Waals surface area contributed by atoms with Crippen LogP contribution in [0.5, 0.6) is 0 Å². The van der Waals surface area contributed by atoms with Crippen LogP contribution in [0.15, 0.2) is 53.5 Å². The molecule has 0 amide bonds. The number of rotatable bonds is 8. The fourth-order valence-corrected chi connectivity index (χ4v) is 4.29. The molecule has 1 unspecified atom stereocenters. The first-order chi connectivity index (χ1) is 14.9. The quantitative estimate of drug-likeness (QED) is 0.430. The van der Waals surface area contributed by atoms with E-state index in [1.165, 1.54) is 24.1 Å². The Morgan fingerprint density at radius 3 is 2.58 bits per heavy atom. The molecule has 168 valence electrons. The Labute approximate surface area is 186 Å². The number of sulfonamides is 1. The zero-order chi connectivity index (χ0) is 22.3. The molecule has 8 heteroatoms. The number of guanidine groups is 1. The van der Waals surface area contributed by atoms with E-state index in [2.05, 4.69) is 56.4 Å². The van der Waals surface area contributed by atoms with Crippen molar-refractivity contribution in [3.05, 3.63) is 59.7 Å². The zero-order valence-electron chi connectivity index (χ0n) is 18.6. The third-order valence-electron chi connectivity index (χ3n) is 5.26. The van der Waals surface area contributed by atoms with E-state index in [9.17, 15) is 8.42 Å². The van der Waals surface area contributed by atoms with Crippen LogP contribution in [0, 0.1) is 0 Å². The van der Waals surface area contributed by atoms with Gasteiger partial charge in [0, 0.05) is 25.3 Å². The number of benzene rings is 2. The van der Waals surface area contributed by atoms with E-state index in [0.29, 0.717) is 18.2 Å². The summed E-state index contributed by atoms with van der Waals surface area (Å²) in [6.45, 7) is 7.47. The number of nitrogens with one attached hydrogen (secondary N) is 3. The van der Waals surface area contributed by atoms with Gasteiger partial charge >= 0.3 is 0 Å². The van der Waals surface area contributed by atoms with Crippen LogP contribution in [0.25, 0.3) is 0 Å². The van der Waals surface area contributed by atoms with Crippen molar-refractivity contribution in [1.82, 2.24) is 10.6 Å². The highest BCUT2D eigenvalue weighted by molar-refractivity contribution is 7.92. The highest BCUT2D eigenvalue weighted by Crippen LogP contribution is 2.24. The van der Waals surface area contributed by atoms with Gasteiger partial charge in [0.25, 0.3) is 0 Å². The summed E-state index contributed by atoms with van der Waals surface area (Å²) in [5.41, 5.74) is 3.84. The highest BCUT2D eigenvalue weighted by atomic mass is 32.2. The second-order valence-corrected chi connectivity index (χ2v) is 9.63. The van der Waals surface area contributed by atoms with Crippen LogP contribution in [0.1, 0.15) is 43.9 Å². The van der Waals surface area contributed by atoms with Crippen LogP contribution in [0.3, 0.4) is 0 Å². The van der Waals surface area contributed by atoms with E-state index in [4.69, 9.17) is 0 Å². The van der Waals surface area contributed by atoms with Gasteiger partial charge in [0.1, 0.15) is 0 Å². The molecular weight excluding hydrogens is 410 g/mol. The fraction of sp³-hybridized carbons (Fsp3) is 0.435. The van der Waals surface area contributed by atoms with Gasteiger partial charge < -0.3 is 15.5 Å². The van der Waals surface area contributed by atoms with Gasteiger partial charge in [0.05, 0.1) is 24.5 Å². The van der Waals surface area contributed by atoms with E-state index in [-0.39, 0.29) is 6.04 Å². The predicted molar refractivity (Wildman–Crippen MR) is 129 cm³/mol. The maximum absolute atomic E-state index is 11.6. The van der Waals surface area contributed by atoms with Crippen molar-refractivity contribution in [1.29, 1.82) is 0 Å². The fourth-order valence-electron chi connectivity index (χ4n) is 3.70. The smallest absolute Gasteiger partial charge is 0.229 e. The van der Waals surface area contributed by atoms with Crippen LogP contribution in [0.4, 0.5) is 11.4 Å². The molecule has 0 aromatic heterocycles. The maximum atomic E-state index is 11.6. The van der Waals surface area contributed by atoms with Gasteiger partial charge in [-0.05, 0) is 56.0 Å². The van der Waals surface area contributed by atoms with Crippen LogP contribution in [-0.2, 0) is 16.6 Å². The number of hydrogen-bond donors (Lipinski definition) is 3. The Balaban J connectivity index is 1.72. The number of anilines is 2. The molecule has 0 aliphatic carbocycles. The third kappa shape index (κ3) is 6.89. The molecule has 0 saturated carbocycles. The lowest BCUT2D eigenvalue weighted by Gasteiger charge is -2.22. The molecule has 31 heavy (non-hydrogen) atoms. The molecule has 7 nitrogen and oxygen atoms in total. The molecule has 1 saturated heterocycles.